The van der Waals surface area contributed by atoms with E-state index in [9.17, 15) is 10.1 Å². The molecule has 110 valence electrons. The van der Waals surface area contributed by atoms with Crippen molar-refractivity contribution in [3.63, 3.8) is 0 Å². The number of ether oxygens (including phenoxy) is 1. The number of nitrogens with one attached hydrogen (secondary N) is 1. The molecule has 5 heteroatoms. The third-order valence-electron chi connectivity index (χ3n) is 3.10. The van der Waals surface area contributed by atoms with E-state index in [-0.39, 0.29) is 10.6 Å². The summed E-state index contributed by atoms with van der Waals surface area (Å²) in [5.41, 5.74) is 2.74. The molecule has 0 saturated carbocycles. The van der Waals surface area contributed by atoms with Crippen molar-refractivity contribution in [1.29, 1.82) is 0 Å². The Bertz CT molecular complexity index is 641. The second-order valence-corrected chi connectivity index (χ2v) is 4.69. The van der Waals surface area contributed by atoms with Crippen LogP contribution in [0.15, 0.2) is 42.5 Å². The number of rotatable bonds is 6. The van der Waals surface area contributed by atoms with Gasteiger partial charge in [-0.15, -0.1) is 0 Å². The Kier molecular flexibility index (Phi) is 4.77. The molecule has 0 heterocycles. The van der Waals surface area contributed by atoms with Crippen molar-refractivity contribution in [3.05, 3.63) is 63.7 Å². The van der Waals surface area contributed by atoms with Gasteiger partial charge in [0.15, 0.2) is 0 Å². The molecular weight excluding hydrogens is 268 g/mol. The minimum absolute atomic E-state index is 0.138. The topological polar surface area (TPSA) is 64.4 Å². The smallest absolute Gasteiger partial charge is 0.272 e. The Morgan fingerprint density at radius 3 is 2.71 bits per heavy atom. The number of hydrogen-bond donors (Lipinski definition) is 1. The Labute approximate surface area is 123 Å². The van der Waals surface area contributed by atoms with Crippen LogP contribution in [0.3, 0.4) is 0 Å². The molecule has 0 aliphatic rings. The Morgan fingerprint density at radius 2 is 2.05 bits per heavy atom. The fraction of sp³-hybridized carbons (Fsp3) is 0.250. The molecule has 0 aliphatic heterocycles. The van der Waals surface area contributed by atoms with Gasteiger partial charge in [-0.2, -0.15) is 0 Å². The zero-order chi connectivity index (χ0) is 15.2. The molecule has 0 bridgehead atoms. The van der Waals surface area contributed by atoms with E-state index in [1.54, 1.807) is 19.1 Å². The van der Waals surface area contributed by atoms with Gasteiger partial charge in [-0.3, -0.25) is 10.1 Å². The Hall–Kier alpha value is -2.56. The van der Waals surface area contributed by atoms with Gasteiger partial charge in [0.25, 0.3) is 5.69 Å². The highest BCUT2D eigenvalue weighted by molar-refractivity contribution is 5.53. The van der Waals surface area contributed by atoms with Crippen LogP contribution in [0.4, 0.5) is 11.4 Å². The van der Waals surface area contributed by atoms with Crippen molar-refractivity contribution in [2.75, 3.05) is 11.9 Å². The first-order valence-corrected chi connectivity index (χ1v) is 6.81. The van der Waals surface area contributed by atoms with E-state index >= 15 is 0 Å². The standard InChI is InChI=1S/C16H18N2O3/c1-3-21-15-6-4-5-13(10-15)11-17-14-7-8-16(18(19)20)12(2)9-14/h4-10,17H,3,11H2,1-2H3. The number of hydrogen-bond acceptors (Lipinski definition) is 4. The van der Waals surface area contributed by atoms with E-state index in [2.05, 4.69) is 5.32 Å². The fourth-order valence-electron chi connectivity index (χ4n) is 2.09. The highest BCUT2D eigenvalue weighted by atomic mass is 16.6. The summed E-state index contributed by atoms with van der Waals surface area (Å²) in [7, 11) is 0. The third-order valence-corrected chi connectivity index (χ3v) is 3.10. The molecule has 21 heavy (non-hydrogen) atoms. The monoisotopic (exact) mass is 286 g/mol. The van der Waals surface area contributed by atoms with Crippen LogP contribution in [0.5, 0.6) is 5.75 Å². The van der Waals surface area contributed by atoms with Crippen molar-refractivity contribution in [1.82, 2.24) is 0 Å². The zero-order valence-corrected chi connectivity index (χ0v) is 12.1. The van der Waals surface area contributed by atoms with Gasteiger partial charge in [-0.1, -0.05) is 12.1 Å². The van der Waals surface area contributed by atoms with Gasteiger partial charge >= 0.3 is 0 Å². The predicted octanol–water partition coefficient (Wildman–Crippen LogP) is 3.91. The summed E-state index contributed by atoms with van der Waals surface area (Å²) in [4.78, 5) is 10.4. The molecule has 0 unspecified atom stereocenters. The van der Waals surface area contributed by atoms with Gasteiger partial charge in [0.1, 0.15) is 5.75 Å². The van der Waals surface area contributed by atoms with Gasteiger partial charge in [0, 0.05) is 23.9 Å². The van der Waals surface area contributed by atoms with Gasteiger partial charge in [-0.25, -0.2) is 0 Å². The summed E-state index contributed by atoms with van der Waals surface area (Å²) >= 11 is 0. The number of nitrogens with zero attached hydrogens (tertiary/aromatic N) is 1. The predicted molar refractivity (Wildman–Crippen MR) is 82.8 cm³/mol. The Morgan fingerprint density at radius 1 is 1.24 bits per heavy atom. The normalized spacial score (nSPS) is 10.2. The summed E-state index contributed by atoms with van der Waals surface area (Å²) in [6, 6.07) is 12.9. The Balaban J connectivity index is 2.04. The van der Waals surface area contributed by atoms with Crippen molar-refractivity contribution in [2.24, 2.45) is 0 Å². The number of nitro benzene ring substituents is 1. The molecule has 0 fully saturated rings. The fourth-order valence-corrected chi connectivity index (χ4v) is 2.09. The van der Waals surface area contributed by atoms with E-state index in [1.165, 1.54) is 6.07 Å². The summed E-state index contributed by atoms with van der Waals surface area (Å²) in [6.45, 7) is 4.96. The van der Waals surface area contributed by atoms with Crippen molar-refractivity contribution in [2.45, 2.75) is 20.4 Å². The van der Waals surface area contributed by atoms with E-state index in [0.29, 0.717) is 18.7 Å². The van der Waals surface area contributed by atoms with Gasteiger partial charge < -0.3 is 10.1 Å². The first-order chi connectivity index (χ1) is 10.1. The molecule has 0 aromatic heterocycles. The van der Waals surface area contributed by atoms with E-state index < -0.39 is 0 Å². The molecule has 0 aliphatic carbocycles. The van der Waals surface area contributed by atoms with Crippen LogP contribution in [0.1, 0.15) is 18.1 Å². The van der Waals surface area contributed by atoms with E-state index in [4.69, 9.17) is 4.74 Å². The molecule has 2 aromatic carbocycles. The summed E-state index contributed by atoms with van der Waals surface area (Å²) in [5.74, 6) is 0.844. The van der Waals surface area contributed by atoms with Crippen LogP contribution in [0.2, 0.25) is 0 Å². The zero-order valence-electron chi connectivity index (χ0n) is 12.1. The highest BCUT2D eigenvalue weighted by Gasteiger charge is 2.09. The number of aryl methyl sites for hydroxylation is 1. The van der Waals surface area contributed by atoms with Crippen molar-refractivity contribution >= 4 is 11.4 Å². The maximum absolute atomic E-state index is 10.8. The van der Waals surface area contributed by atoms with Gasteiger partial charge in [-0.05, 0) is 43.7 Å². The lowest BCUT2D eigenvalue weighted by atomic mass is 10.1. The minimum atomic E-state index is -0.370. The largest absolute Gasteiger partial charge is 0.494 e. The van der Waals surface area contributed by atoms with Crippen LogP contribution >= 0.6 is 0 Å². The molecule has 2 rings (SSSR count). The van der Waals surface area contributed by atoms with Gasteiger partial charge in [0.05, 0.1) is 11.5 Å². The lowest BCUT2D eigenvalue weighted by molar-refractivity contribution is -0.385. The lowest BCUT2D eigenvalue weighted by Crippen LogP contribution is -2.01. The minimum Gasteiger partial charge on any atom is -0.494 e. The first-order valence-electron chi connectivity index (χ1n) is 6.81. The quantitative estimate of drug-likeness (QED) is 0.646. The molecule has 2 aromatic rings. The number of nitro groups is 1. The van der Waals surface area contributed by atoms with Crippen LogP contribution in [-0.4, -0.2) is 11.5 Å². The third kappa shape index (κ3) is 3.95. The maximum Gasteiger partial charge on any atom is 0.272 e. The second kappa shape index (κ2) is 6.74. The average molecular weight is 286 g/mol. The van der Waals surface area contributed by atoms with Crippen molar-refractivity contribution in [3.8, 4) is 5.75 Å². The molecule has 5 nitrogen and oxygen atoms in total. The van der Waals surface area contributed by atoms with E-state index in [1.807, 2.05) is 31.2 Å². The van der Waals surface area contributed by atoms with E-state index in [0.717, 1.165) is 17.0 Å². The summed E-state index contributed by atoms with van der Waals surface area (Å²) in [5, 5.41) is 14.0. The highest BCUT2D eigenvalue weighted by Crippen LogP contribution is 2.22. The number of benzene rings is 2. The maximum atomic E-state index is 10.8. The number of anilines is 1. The van der Waals surface area contributed by atoms with Crippen LogP contribution in [0, 0.1) is 17.0 Å². The molecule has 1 N–H and O–H groups in total. The molecule has 0 radical (unpaired) electrons. The lowest BCUT2D eigenvalue weighted by Gasteiger charge is -2.09. The summed E-state index contributed by atoms with van der Waals surface area (Å²) in [6.07, 6.45) is 0. The average Bonchev–Trinajstić information content (AvgIpc) is 2.45. The second-order valence-electron chi connectivity index (χ2n) is 4.69. The van der Waals surface area contributed by atoms with Crippen LogP contribution < -0.4 is 10.1 Å². The SMILES string of the molecule is CCOc1cccc(CNc2ccc([N+](=O)[O-])c(C)c2)c1. The van der Waals surface area contributed by atoms with Crippen LogP contribution in [-0.2, 0) is 6.54 Å². The molecular formula is C16H18N2O3. The molecule has 0 spiro atoms. The van der Waals surface area contributed by atoms with Gasteiger partial charge in [0.2, 0.25) is 0 Å². The van der Waals surface area contributed by atoms with Crippen LogP contribution in [0.25, 0.3) is 0 Å². The molecule has 0 atom stereocenters. The summed E-state index contributed by atoms with van der Waals surface area (Å²) < 4.78 is 5.46. The van der Waals surface area contributed by atoms with Crippen molar-refractivity contribution < 1.29 is 9.66 Å². The first kappa shape index (κ1) is 14.8. The molecule has 0 amide bonds. The molecule has 0 saturated heterocycles.